The summed E-state index contributed by atoms with van der Waals surface area (Å²) >= 11 is 0. The van der Waals surface area contributed by atoms with E-state index in [2.05, 4.69) is 143 Å². The van der Waals surface area contributed by atoms with Crippen LogP contribution in [0.15, 0.2) is 0 Å². The molecule has 320 valence electrons. The van der Waals surface area contributed by atoms with E-state index in [4.69, 9.17) is 40.5 Å². The Morgan fingerprint density at radius 1 is 0.611 bits per heavy atom. The van der Waals surface area contributed by atoms with Gasteiger partial charge in [0.2, 0.25) is 5.91 Å². The first kappa shape index (κ1) is 52.3. The minimum Gasteiger partial charge on any atom is -0.415 e. The van der Waals surface area contributed by atoms with E-state index in [0.29, 0.717) is 6.61 Å². The van der Waals surface area contributed by atoms with Gasteiger partial charge in [0.15, 0.2) is 64.5 Å². The average Bonchev–Trinajstić information content (AvgIpc) is 2.89. The molecule has 0 spiro atoms. The minimum absolute atomic E-state index is 0.0328. The number of nitrogens with one attached hydrogen (secondary N) is 1. The molecule has 0 aromatic rings. The lowest BCUT2D eigenvalue weighted by molar-refractivity contribution is -0.270. The van der Waals surface area contributed by atoms with Crippen LogP contribution in [0.3, 0.4) is 0 Å². The van der Waals surface area contributed by atoms with E-state index in [0.717, 1.165) is 6.29 Å². The molecule has 0 saturated carbocycles. The first-order valence-corrected chi connectivity index (χ1v) is 43.4. The van der Waals surface area contributed by atoms with Crippen molar-refractivity contribution in [2.24, 2.45) is 0 Å². The number of amides is 1. The molecule has 0 radical (unpaired) electrons. The Morgan fingerprint density at radius 3 is 1.44 bits per heavy atom. The van der Waals surface area contributed by atoms with Gasteiger partial charge in [-0.2, -0.15) is 0 Å². The Morgan fingerprint density at radius 2 is 1.06 bits per heavy atom. The van der Waals surface area contributed by atoms with Crippen molar-refractivity contribution in [1.82, 2.24) is 5.32 Å². The van der Waals surface area contributed by atoms with Crippen LogP contribution in [0.4, 0.5) is 0 Å². The van der Waals surface area contributed by atoms with Gasteiger partial charge in [-0.15, -0.1) is 0 Å². The largest absolute Gasteiger partial charge is 0.415 e. The number of aldehydes is 1. The normalized spacial score (nSPS) is 24.8. The van der Waals surface area contributed by atoms with E-state index >= 15 is 0 Å². The van der Waals surface area contributed by atoms with Crippen LogP contribution in [-0.4, -0.2) is 139 Å². The maximum atomic E-state index is 12.9. The second-order valence-electron chi connectivity index (χ2n) is 21.4. The summed E-state index contributed by atoms with van der Waals surface area (Å²) in [5, 5.41) is 3.13. The third kappa shape index (κ3) is 21.9. The highest BCUT2D eigenvalue weighted by Gasteiger charge is 2.52. The summed E-state index contributed by atoms with van der Waals surface area (Å²) < 4.78 is 61.3. The van der Waals surface area contributed by atoms with Crippen molar-refractivity contribution in [2.75, 3.05) is 13.2 Å². The Kier molecular flexibility index (Phi) is 19.4. The number of carbonyl (C=O) groups is 2. The molecule has 1 aliphatic heterocycles. The maximum absolute atomic E-state index is 12.9. The van der Waals surface area contributed by atoms with Gasteiger partial charge < -0.3 is 50.6 Å². The molecule has 0 unspecified atom stereocenters. The van der Waals surface area contributed by atoms with Crippen LogP contribution in [0.2, 0.25) is 137 Å². The lowest BCUT2D eigenvalue weighted by Gasteiger charge is -2.50. The summed E-state index contributed by atoms with van der Waals surface area (Å²) in [6.45, 7) is 46.2. The Labute approximate surface area is 337 Å². The molecule has 1 N–H and O–H groups in total. The predicted molar refractivity (Wildman–Crippen MR) is 237 cm³/mol. The van der Waals surface area contributed by atoms with Crippen LogP contribution in [0, 0.1) is 0 Å². The van der Waals surface area contributed by atoms with E-state index in [1.807, 2.05) is 0 Å². The third-order valence-corrected chi connectivity index (χ3v) is 14.2. The lowest BCUT2D eigenvalue weighted by Crippen LogP contribution is -2.69. The molecule has 0 aliphatic carbocycles. The fraction of sp³-hybridized carbons (Fsp3) is 0.943. The lowest BCUT2D eigenvalue weighted by atomic mass is 9.97. The summed E-state index contributed by atoms with van der Waals surface area (Å²) in [4.78, 5) is 25.8. The van der Waals surface area contributed by atoms with Crippen molar-refractivity contribution in [1.29, 1.82) is 0 Å². The van der Waals surface area contributed by atoms with Gasteiger partial charge in [-0.3, -0.25) is 4.79 Å². The molecular formula is C35H81NO11Si7. The summed E-state index contributed by atoms with van der Waals surface area (Å²) in [6, 6.07) is -0.699. The van der Waals surface area contributed by atoms with Gasteiger partial charge in [-0.05, 0) is 137 Å². The second-order valence-corrected chi connectivity index (χ2v) is 52.7. The number of carbonyl (C=O) groups excluding carboxylic acids is 2. The number of hydrogen-bond donors (Lipinski definition) is 1. The first-order chi connectivity index (χ1) is 23.9. The molecule has 1 amide bonds. The van der Waals surface area contributed by atoms with Crippen molar-refractivity contribution < 1.29 is 50.0 Å². The smallest absolute Gasteiger partial charge is 0.217 e. The average molecular weight is 889 g/mol. The Hall–Kier alpha value is 0.298. The molecule has 1 aliphatic rings. The van der Waals surface area contributed by atoms with Crippen LogP contribution < -0.4 is 5.32 Å². The summed E-state index contributed by atoms with van der Waals surface area (Å²) in [5.41, 5.74) is 0. The highest BCUT2D eigenvalue weighted by molar-refractivity contribution is 6.72. The SMILES string of the molecule is CC(=O)N[C@H]1[C@H](OC[C@@H](O[Si](C)(C)C)[C@H](O[Si](C)(C)C)[C@H](O[Si](C)(C)C)[C@H](C=O)O[Si](C)(C)C)O[C@H](CO[Si](C)(C)C)[C@H](O[Si](C)(C)C)[C@@H]1O[Si](C)(C)C. The topological polar surface area (TPSA) is 129 Å². The number of hydrogen-bond acceptors (Lipinski definition) is 11. The molecule has 9 atom stereocenters. The molecule has 0 aromatic carbocycles. The zero-order valence-electron chi connectivity index (χ0n) is 38.2. The van der Waals surface area contributed by atoms with Crippen LogP contribution in [-0.2, 0) is 50.0 Å². The Bertz CT molecular complexity index is 1170. The van der Waals surface area contributed by atoms with Crippen molar-refractivity contribution in [3.8, 4) is 0 Å². The monoisotopic (exact) mass is 887 g/mol. The van der Waals surface area contributed by atoms with Crippen LogP contribution in [0.5, 0.6) is 0 Å². The second kappa shape index (κ2) is 20.0. The van der Waals surface area contributed by atoms with E-state index in [1.54, 1.807) is 0 Å². The standard InChI is InChI=1S/C35H81NO11Si7/c1-26(38)36-30-34(47-54(20,21)22)32(45-52(14,15)16)28(25-40-48(2,3)4)41-35(30)39-24-29(43-50(8,9)10)33(46-53(17,18)19)31(44-51(11,12)13)27(23-37)42-49(5,6)7/h23,27-35H,24-25H2,1-22H3,(H,36,38)/t27-,28+,29+,30+,31+,32-,33-,34+,35+/m0/s1. The van der Waals surface area contributed by atoms with Gasteiger partial charge in [0.05, 0.1) is 25.4 Å². The quantitative estimate of drug-likeness (QED) is 0.0805. The molecule has 1 fully saturated rings. The van der Waals surface area contributed by atoms with E-state index in [-0.39, 0.29) is 12.5 Å². The maximum Gasteiger partial charge on any atom is 0.217 e. The summed E-state index contributed by atoms with van der Waals surface area (Å²) in [6.07, 6.45) is -4.67. The molecule has 1 rings (SSSR count). The van der Waals surface area contributed by atoms with Crippen molar-refractivity contribution in [3.05, 3.63) is 0 Å². The fourth-order valence-electron chi connectivity index (χ4n) is 5.91. The highest BCUT2D eigenvalue weighted by Crippen LogP contribution is 2.33. The zero-order chi connectivity index (χ0) is 42.5. The van der Waals surface area contributed by atoms with Crippen molar-refractivity contribution >= 4 is 70.4 Å². The van der Waals surface area contributed by atoms with Crippen molar-refractivity contribution in [3.63, 3.8) is 0 Å². The van der Waals surface area contributed by atoms with E-state index in [1.165, 1.54) is 6.92 Å². The molecule has 54 heavy (non-hydrogen) atoms. The molecule has 0 aromatic heterocycles. The van der Waals surface area contributed by atoms with Crippen LogP contribution in [0.1, 0.15) is 6.92 Å². The van der Waals surface area contributed by atoms with Crippen LogP contribution >= 0.6 is 0 Å². The predicted octanol–water partition coefficient (Wildman–Crippen LogP) is 7.60. The zero-order valence-corrected chi connectivity index (χ0v) is 45.2. The number of rotatable bonds is 23. The molecule has 0 bridgehead atoms. The molecule has 19 heteroatoms. The van der Waals surface area contributed by atoms with Gasteiger partial charge in [0.1, 0.15) is 42.8 Å². The van der Waals surface area contributed by atoms with Crippen LogP contribution in [0.25, 0.3) is 0 Å². The Balaban J connectivity index is 3.97. The molecule has 12 nitrogen and oxygen atoms in total. The van der Waals surface area contributed by atoms with Gasteiger partial charge in [0, 0.05) is 6.92 Å². The minimum atomic E-state index is -2.30. The van der Waals surface area contributed by atoms with E-state index < -0.39 is 113 Å². The van der Waals surface area contributed by atoms with E-state index in [9.17, 15) is 9.59 Å². The summed E-state index contributed by atoms with van der Waals surface area (Å²) in [7, 11) is -15.4. The first-order valence-electron chi connectivity index (χ1n) is 19.6. The van der Waals surface area contributed by atoms with Gasteiger partial charge in [-0.25, -0.2) is 0 Å². The fourth-order valence-corrected chi connectivity index (χ4v) is 13.1. The summed E-state index contributed by atoms with van der Waals surface area (Å²) in [5.74, 6) is -0.235. The van der Waals surface area contributed by atoms with Gasteiger partial charge >= 0.3 is 0 Å². The van der Waals surface area contributed by atoms with Gasteiger partial charge in [0.25, 0.3) is 0 Å². The number of ether oxygens (including phenoxy) is 2. The molecular weight excluding hydrogens is 807 g/mol. The molecule has 1 heterocycles. The molecule has 1 saturated heterocycles. The highest BCUT2D eigenvalue weighted by atomic mass is 28.4. The van der Waals surface area contributed by atoms with Gasteiger partial charge in [-0.1, -0.05) is 0 Å². The third-order valence-electron chi connectivity index (χ3n) is 7.22. The van der Waals surface area contributed by atoms with Crippen molar-refractivity contribution in [2.45, 2.75) is 199 Å².